The van der Waals surface area contributed by atoms with Crippen molar-refractivity contribution in [3.05, 3.63) is 71.6 Å². The molecule has 0 aliphatic carbocycles. The van der Waals surface area contributed by atoms with Crippen molar-refractivity contribution in [3.8, 4) is 21.6 Å². The first kappa shape index (κ1) is 13.8. The standard InChI is InChI=1S/C19H16OS/c1-2-17(20)19-13-12-18(21-19)16-10-8-15(9-11-16)14-6-4-3-5-7-14/h3-13H,2H2,1H3. The summed E-state index contributed by atoms with van der Waals surface area (Å²) >= 11 is 1.57. The van der Waals surface area contributed by atoms with Crippen molar-refractivity contribution >= 4 is 17.1 Å². The number of rotatable bonds is 4. The number of carbonyl (C=O) groups is 1. The summed E-state index contributed by atoms with van der Waals surface area (Å²) in [6, 6.07) is 22.8. The molecule has 0 N–H and O–H groups in total. The predicted molar refractivity (Wildman–Crippen MR) is 89.8 cm³/mol. The van der Waals surface area contributed by atoms with E-state index in [1.807, 2.05) is 37.3 Å². The van der Waals surface area contributed by atoms with Gasteiger partial charge in [-0.1, -0.05) is 61.5 Å². The van der Waals surface area contributed by atoms with Crippen molar-refractivity contribution in [1.29, 1.82) is 0 Å². The van der Waals surface area contributed by atoms with E-state index in [-0.39, 0.29) is 5.78 Å². The van der Waals surface area contributed by atoms with Crippen LogP contribution in [0.2, 0.25) is 0 Å². The molecule has 1 aromatic heterocycles. The molecule has 0 amide bonds. The van der Waals surface area contributed by atoms with Gasteiger partial charge in [-0.05, 0) is 28.8 Å². The molecule has 104 valence electrons. The molecule has 0 fully saturated rings. The van der Waals surface area contributed by atoms with E-state index in [1.165, 1.54) is 11.1 Å². The molecule has 0 unspecified atom stereocenters. The normalized spacial score (nSPS) is 10.5. The van der Waals surface area contributed by atoms with Crippen molar-refractivity contribution in [1.82, 2.24) is 0 Å². The lowest BCUT2D eigenvalue weighted by atomic mass is 10.0. The zero-order valence-corrected chi connectivity index (χ0v) is 12.7. The van der Waals surface area contributed by atoms with Gasteiger partial charge < -0.3 is 0 Å². The zero-order chi connectivity index (χ0) is 14.7. The van der Waals surface area contributed by atoms with Gasteiger partial charge in [0.2, 0.25) is 0 Å². The zero-order valence-electron chi connectivity index (χ0n) is 11.9. The fourth-order valence-corrected chi connectivity index (χ4v) is 3.30. The molecule has 1 nitrogen and oxygen atoms in total. The highest BCUT2D eigenvalue weighted by Gasteiger charge is 2.08. The van der Waals surface area contributed by atoms with Gasteiger partial charge in [0.1, 0.15) is 0 Å². The Balaban J connectivity index is 1.87. The summed E-state index contributed by atoms with van der Waals surface area (Å²) in [4.78, 5) is 13.7. The van der Waals surface area contributed by atoms with Crippen LogP contribution >= 0.6 is 11.3 Å². The van der Waals surface area contributed by atoms with E-state index in [0.29, 0.717) is 6.42 Å². The van der Waals surface area contributed by atoms with Crippen LogP contribution in [0.15, 0.2) is 66.7 Å². The van der Waals surface area contributed by atoms with Crippen molar-refractivity contribution in [2.24, 2.45) is 0 Å². The Morgan fingerprint density at radius 1 is 0.810 bits per heavy atom. The van der Waals surface area contributed by atoms with Gasteiger partial charge in [-0.2, -0.15) is 0 Å². The number of benzene rings is 2. The summed E-state index contributed by atoms with van der Waals surface area (Å²) in [7, 11) is 0. The highest BCUT2D eigenvalue weighted by Crippen LogP contribution is 2.30. The minimum absolute atomic E-state index is 0.215. The van der Waals surface area contributed by atoms with E-state index >= 15 is 0 Å². The lowest BCUT2D eigenvalue weighted by Gasteiger charge is -2.03. The molecule has 3 aromatic rings. The fraction of sp³-hybridized carbons (Fsp3) is 0.105. The molecule has 0 saturated heterocycles. The Morgan fingerprint density at radius 2 is 1.43 bits per heavy atom. The molecule has 1 heterocycles. The maximum absolute atomic E-state index is 11.7. The van der Waals surface area contributed by atoms with Gasteiger partial charge in [-0.3, -0.25) is 4.79 Å². The first-order valence-corrected chi connectivity index (χ1v) is 7.88. The SMILES string of the molecule is CCC(=O)c1ccc(-c2ccc(-c3ccccc3)cc2)s1. The van der Waals surface area contributed by atoms with Crippen LogP contribution in [-0.4, -0.2) is 5.78 Å². The summed E-state index contributed by atoms with van der Waals surface area (Å²) < 4.78 is 0. The molecule has 0 bridgehead atoms. The van der Waals surface area contributed by atoms with Gasteiger partial charge in [0.05, 0.1) is 4.88 Å². The van der Waals surface area contributed by atoms with Crippen LogP contribution in [0.25, 0.3) is 21.6 Å². The lowest BCUT2D eigenvalue weighted by molar-refractivity contribution is 0.0992. The Hall–Kier alpha value is -2.19. The lowest BCUT2D eigenvalue weighted by Crippen LogP contribution is -1.90. The maximum Gasteiger partial charge on any atom is 0.172 e. The molecule has 0 aliphatic rings. The summed E-state index contributed by atoms with van der Waals surface area (Å²) in [6.07, 6.45) is 0.562. The molecule has 0 saturated carbocycles. The molecule has 0 radical (unpaired) electrons. The van der Waals surface area contributed by atoms with Gasteiger partial charge >= 0.3 is 0 Å². The molecule has 2 heteroatoms. The third-order valence-corrected chi connectivity index (χ3v) is 4.65. The summed E-state index contributed by atoms with van der Waals surface area (Å²) in [5.41, 5.74) is 3.59. The maximum atomic E-state index is 11.7. The van der Waals surface area contributed by atoms with Crippen molar-refractivity contribution in [2.45, 2.75) is 13.3 Å². The molecule has 0 spiro atoms. The van der Waals surface area contributed by atoms with E-state index in [0.717, 1.165) is 15.3 Å². The highest BCUT2D eigenvalue weighted by molar-refractivity contribution is 7.17. The smallest absolute Gasteiger partial charge is 0.172 e. The van der Waals surface area contributed by atoms with Gasteiger partial charge in [0, 0.05) is 11.3 Å². The number of thiophene rings is 1. The summed E-state index contributed by atoms with van der Waals surface area (Å²) in [5.74, 6) is 0.215. The largest absolute Gasteiger partial charge is 0.293 e. The minimum atomic E-state index is 0.215. The Kier molecular flexibility index (Phi) is 3.98. The van der Waals surface area contributed by atoms with E-state index in [4.69, 9.17) is 0 Å². The summed E-state index contributed by atoms with van der Waals surface area (Å²) in [5, 5.41) is 0. The highest BCUT2D eigenvalue weighted by atomic mass is 32.1. The average molecular weight is 292 g/mol. The summed E-state index contributed by atoms with van der Waals surface area (Å²) in [6.45, 7) is 1.90. The minimum Gasteiger partial charge on any atom is -0.293 e. The topological polar surface area (TPSA) is 17.1 Å². The first-order chi connectivity index (χ1) is 10.3. The molecular formula is C19H16OS. The second-order valence-corrected chi connectivity index (χ2v) is 5.97. The second kappa shape index (κ2) is 6.06. The van der Waals surface area contributed by atoms with Crippen molar-refractivity contribution in [2.75, 3.05) is 0 Å². The van der Waals surface area contributed by atoms with Crippen molar-refractivity contribution in [3.63, 3.8) is 0 Å². The van der Waals surface area contributed by atoms with E-state index in [1.54, 1.807) is 11.3 Å². The van der Waals surface area contributed by atoms with Crippen LogP contribution in [0.5, 0.6) is 0 Å². The van der Waals surface area contributed by atoms with Crippen LogP contribution in [-0.2, 0) is 0 Å². The quantitative estimate of drug-likeness (QED) is 0.566. The number of hydrogen-bond acceptors (Lipinski definition) is 2. The molecule has 3 rings (SSSR count). The first-order valence-electron chi connectivity index (χ1n) is 7.07. The Bertz CT molecular complexity index is 739. The van der Waals surface area contributed by atoms with E-state index in [2.05, 4.69) is 36.4 Å². The Labute approximate surface area is 128 Å². The van der Waals surface area contributed by atoms with Crippen LogP contribution < -0.4 is 0 Å². The Morgan fingerprint density at radius 3 is 2.10 bits per heavy atom. The van der Waals surface area contributed by atoms with Gasteiger partial charge in [-0.25, -0.2) is 0 Å². The second-order valence-electron chi connectivity index (χ2n) is 4.88. The van der Waals surface area contributed by atoms with Crippen LogP contribution in [0.1, 0.15) is 23.0 Å². The predicted octanol–water partition coefficient (Wildman–Crippen LogP) is 5.67. The number of Topliss-reactive ketones (excluding diaryl/α,β-unsaturated/α-hetero) is 1. The molecule has 21 heavy (non-hydrogen) atoms. The van der Waals surface area contributed by atoms with Gasteiger partial charge in [-0.15, -0.1) is 11.3 Å². The third-order valence-electron chi connectivity index (χ3n) is 3.48. The van der Waals surface area contributed by atoms with Crippen molar-refractivity contribution < 1.29 is 4.79 Å². The van der Waals surface area contributed by atoms with Crippen LogP contribution in [0.3, 0.4) is 0 Å². The van der Waals surface area contributed by atoms with E-state index < -0.39 is 0 Å². The average Bonchev–Trinajstić information content (AvgIpc) is 3.05. The number of hydrogen-bond donors (Lipinski definition) is 0. The number of ketones is 1. The fourth-order valence-electron chi connectivity index (χ4n) is 2.27. The van der Waals surface area contributed by atoms with Gasteiger partial charge in [0.25, 0.3) is 0 Å². The van der Waals surface area contributed by atoms with Crippen LogP contribution in [0.4, 0.5) is 0 Å². The molecular weight excluding hydrogens is 276 g/mol. The van der Waals surface area contributed by atoms with Gasteiger partial charge in [0.15, 0.2) is 5.78 Å². The van der Waals surface area contributed by atoms with E-state index in [9.17, 15) is 4.79 Å². The number of carbonyl (C=O) groups excluding carboxylic acids is 1. The molecule has 0 atom stereocenters. The molecule has 0 aliphatic heterocycles. The van der Waals surface area contributed by atoms with Crippen LogP contribution in [0, 0.1) is 0 Å². The third kappa shape index (κ3) is 2.96. The monoisotopic (exact) mass is 292 g/mol. The molecule has 2 aromatic carbocycles.